The zero-order valence-corrected chi connectivity index (χ0v) is 20.6. The molecule has 2 atom stereocenters. The van der Waals surface area contributed by atoms with Gasteiger partial charge in [-0.3, -0.25) is 19.3 Å². The van der Waals surface area contributed by atoms with Crippen LogP contribution in [0.1, 0.15) is 57.3 Å². The Labute approximate surface area is 198 Å². The summed E-state index contributed by atoms with van der Waals surface area (Å²) < 4.78 is 5.59. The minimum Gasteiger partial charge on any atom is -0.460 e. The van der Waals surface area contributed by atoms with Gasteiger partial charge in [-0.1, -0.05) is 18.2 Å². The maximum absolute atomic E-state index is 13.1. The summed E-state index contributed by atoms with van der Waals surface area (Å²) >= 11 is 0. The number of rotatable bonds is 6. The number of piperazine rings is 1. The molecule has 2 heterocycles. The molecule has 2 aliphatic rings. The second-order valence-electron chi connectivity index (χ2n) is 10.4. The lowest BCUT2D eigenvalue weighted by Gasteiger charge is -2.40. The number of hydrogen-bond donors (Lipinski definition) is 0. The molecule has 7 heteroatoms. The molecule has 0 aromatic heterocycles. The quantitative estimate of drug-likeness (QED) is 0.614. The maximum Gasteiger partial charge on any atom is 0.306 e. The van der Waals surface area contributed by atoms with Gasteiger partial charge in [0.25, 0.3) is 5.91 Å². The monoisotopic (exact) mass is 457 g/mol. The molecule has 3 rings (SSSR count). The van der Waals surface area contributed by atoms with Gasteiger partial charge in [-0.2, -0.15) is 0 Å². The highest BCUT2D eigenvalue weighted by Gasteiger charge is 2.34. The van der Waals surface area contributed by atoms with Crippen LogP contribution in [0.3, 0.4) is 0 Å². The summed E-state index contributed by atoms with van der Waals surface area (Å²) in [4.78, 5) is 43.4. The number of carbonyl (C=O) groups excluding carboxylic acids is 3. The molecule has 0 unspecified atom stereocenters. The number of benzene rings is 1. The summed E-state index contributed by atoms with van der Waals surface area (Å²) in [5.74, 6) is 0.485. The third-order valence-electron chi connectivity index (χ3n) is 6.68. The van der Waals surface area contributed by atoms with Gasteiger partial charge in [0.1, 0.15) is 5.60 Å². The van der Waals surface area contributed by atoms with Crippen LogP contribution >= 0.6 is 0 Å². The Kier molecular flexibility index (Phi) is 8.51. The molecule has 1 aromatic carbocycles. The normalized spacial score (nSPS) is 22.2. The Hall–Kier alpha value is -2.41. The van der Waals surface area contributed by atoms with E-state index >= 15 is 0 Å². The van der Waals surface area contributed by atoms with Gasteiger partial charge in [0.2, 0.25) is 5.91 Å². The number of likely N-dealkylation sites (tertiary alicyclic amines) is 1. The Morgan fingerprint density at radius 2 is 1.61 bits per heavy atom. The Balaban J connectivity index is 1.62. The second kappa shape index (κ2) is 11.1. The van der Waals surface area contributed by atoms with E-state index in [9.17, 15) is 14.4 Å². The van der Waals surface area contributed by atoms with Crippen molar-refractivity contribution in [1.29, 1.82) is 0 Å². The first kappa shape index (κ1) is 25.2. The molecule has 182 valence electrons. The molecule has 0 radical (unpaired) electrons. The molecule has 1 aromatic rings. The van der Waals surface area contributed by atoms with Gasteiger partial charge in [-0.05, 0) is 64.1 Å². The highest BCUT2D eigenvalue weighted by molar-refractivity contribution is 5.94. The van der Waals surface area contributed by atoms with Crippen molar-refractivity contribution >= 4 is 17.8 Å². The number of esters is 1. The second-order valence-corrected chi connectivity index (χ2v) is 10.4. The van der Waals surface area contributed by atoms with Crippen LogP contribution in [-0.2, 0) is 14.3 Å². The number of piperidine rings is 1. The highest BCUT2D eigenvalue weighted by atomic mass is 16.6. The number of hydrogen-bond acceptors (Lipinski definition) is 5. The Morgan fingerprint density at radius 1 is 0.939 bits per heavy atom. The summed E-state index contributed by atoms with van der Waals surface area (Å²) in [6.07, 6.45) is 2.13. The van der Waals surface area contributed by atoms with Crippen LogP contribution in [0.5, 0.6) is 0 Å². The van der Waals surface area contributed by atoms with Crippen molar-refractivity contribution in [3.63, 3.8) is 0 Å². The van der Waals surface area contributed by atoms with Crippen molar-refractivity contribution < 1.29 is 19.1 Å². The van der Waals surface area contributed by atoms with E-state index in [0.717, 1.165) is 45.6 Å². The maximum atomic E-state index is 13.1. The fourth-order valence-electron chi connectivity index (χ4n) is 4.86. The lowest BCUT2D eigenvalue weighted by atomic mass is 9.80. The van der Waals surface area contributed by atoms with E-state index in [1.54, 1.807) is 6.92 Å². The lowest BCUT2D eigenvalue weighted by Crippen LogP contribution is -2.49. The van der Waals surface area contributed by atoms with Crippen molar-refractivity contribution in [3.05, 3.63) is 35.9 Å². The summed E-state index contributed by atoms with van der Waals surface area (Å²) in [5, 5.41) is 0. The van der Waals surface area contributed by atoms with Crippen molar-refractivity contribution in [2.24, 2.45) is 11.8 Å². The largest absolute Gasteiger partial charge is 0.460 e. The van der Waals surface area contributed by atoms with E-state index in [4.69, 9.17) is 4.74 Å². The molecule has 2 amide bonds. The molecule has 0 spiro atoms. The fraction of sp³-hybridized carbons (Fsp3) is 0.654. The van der Waals surface area contributed by atoms with Gasteiger partial charge in [0, 0.05) is 58.2 Å². The Morgan fingerprint density at radius 3 is 2.21 bits per heavy atom. The van der Waals surface area contributed by atoms with Gasteiger partial charge in [-0.25, -0.2) is 0 Å². The standard InChI is InChI=1S/C26H39N3O4/c1-20(30)28-16-14-27(15-17-28)12-10-23-19-29(25(32)21-8-6-5-7-9-21)13-11-22(23)18-24(31)33-26(2,3)4/h5-9,22-23H,10-19H2,1-4H3/t22-,23-/m0/s1. The summed E-state index contributed by atoms with van der Waals surface area (Å²) in [5.41, 5.74) is 0.217. The predicted molar refractivity (Wildman–Crippen MR) is 128 cm³/mol. The zero-order chi connectivity index (χ0) is 24.0. The predicted octanol–water partition coefficient (Wildman–Crippen LogP) is 3.05. The first-order valence-electron chi connectivity index (χ1n) is 12.2. The van der Waals surface area contributed by atoms with Gasteiger partial charge < -0.3 is 14.5 Å². The van der Waals surface area contributed by atoms with Gasteiger partial charge in [0.05, 0.1) is 0 Å². The van der Waals surface area contributed by atoms with E-state index in [0.29, 0.717) is 25.1 Å². The van der Waals surface area contributed by atoms with Crippen LogP contribution in [0.4, 0.5) is 0 Å². The molecule has 33 heavy (non-hydrogen) atoms. The van der Waals surface area contributed by atoms with Crippen LogP contribution in [0, 0.1) is 11.8 Å². The number of nitrogens with zero attached hydrogens (tertiary/aromatic N) is 3. The average Bonchev–Trinajstić information content (AvgIpc) is 2.77. The summed E-state index contributed by atoms with van der Waals surface area (Å²) in [6.45, 7) is 12.8. The van der Waals surface area contributed by atoms with Crippen LogP contribution in [-0.4, -0.2) is 83.9 Å². The minimum absolute atomic E-state index is 0.0615. The number of carbonyl (C=O) groups is 3. The molecule has 2 aliphatic heterocycles. The molecule has 2 saturated heterocycles. The Bertz CT molecular complexity index is 813. The molecular weight excluding hydrogens is 418 g/mol. The van der Waals surface area contributed by atoms with Crippen molar-refractivity contribution in [1.82, 2.24) is 14.7 Å². The van der Waals surface area contributed by atoms with Crippen LogP contribution in [0.25, 0.3) is 0 Å². The first-order chi connectivity index (χ1) is 15.6. The molecule has 0 saturated carbocycles. The summed E-state index contributed by atoms with van der Waals surface area (Å²) in [7, 11) is 0. The van der Waals surface area contributed by atoms with E-state index in [1.165, 1.54) is 0 Å². The van der Waals surface area contributed by atoms with Gasteiger partial charge >= 0.3 is 5.97 Å². The third kappa shape index (κ3) is 7.56. The zero-order valence-electron chi connectivity index (χ0n) is 20.6. The average molecular weight is 458 g/mol. The molecule has 7 nitrogen and oxygen atoms in total. The summed E-state index contributed by atoms with van der Waals surface area (Å²) in [6, 6.07) is 9.41. The number of ether oxygens (including phenoxy) is 1. The van der Waals surface area contributed by atoms with Crippen LogP contribution < -0.4 is 0 Å². The van der Waals surface area contributed by atoms with Crippen molar-refractivity contribution in [2.75, 3.05) is 45.8 Å². The SMILES string of the molecule is CC(=O)N1CCN(CC[C@H]2CN(C(=O)c3ccccc3)CC[C@H]2CC(=O)OC(C)(C)C)CC1. The van der Waals surface area contributed by atoms with E-state index in [1.807, 2.05) is 60.9 Å². The van der Waals surface area contributed by atoms with E-state index < -0.39 is 5.60 Å². The number of amides is 2. The van der Waals surface area contributed by atoms with Crippen molar-refractivity contribution in [2.45, 2.75) is 52.6 Å². The fourth-order valence-corrected chi connectivity index (χ4v) is 4.86. The molecule has 0 bridgehead atoms. The van der Waals surface area contributed by atoms with Gasteiger partial charge in [-0.15, -0.1) is 0 Å². The molecule has 2 fully saturated rings. The third-order valence-corrected chi connectivity index (χ3v) is 6.68. The first-order valence-corrected chi connectivity index (χ1v) is 12.2. The molecular formula is C26H39N3O4. The minimum atomic E-state index is -0.493. The lowest BCUT2D eigenvalue weighted by molar-refractivity contribution is -0.156. The molecule has 0 N–H and O–H groups in total. The van der Waals surface area contributed by atoms with Crippen LogP contribution in [0.2, 0.25) is 0 Å². The van der Waals surface area contributed by atoms with E-state index in [-0.39, 0.29) is 29.6 Å². The van der Waals surface area contributed by atoms with Crippen molar-refractivity contribution in [3.8, 4) is 0 Å². The molecule has 0 aliphatic carbocycles. The topological polar surface area (TPSA) is 70.2 Å². The van der Waals surface area contributed by atoms with Gasteiger partial charge in [0.15, 0.2) is 0 Å². The van der Waals surface area contributed by atoms with Crippen LogP contribution in [0.15, 0.2) is 30.3 Å². The smallest absolute Gasteiger partial charge is 0.306 e. The van der Waals surface area contributed by atoms with E-state index in [2.05, 4.69) is 4.90 Å². The highest BCUT2D eigenvalue weighted by Crippen LogP contribution is 2.31.